The van der Waals surface area contributed by atoms with E-state index in [1.54, 1.807) is 4.90 Å². The van der Waals surface area contributed by atoms with Crippen molar-refractivity contribution < 1.29 is 33.5 Å². The molecule has 1 unspecified atom stereocenters. The predicted molar refractivity (Wildman–Crippen MR) is 175 cm³/mol. The Morgan fingerprint density at radius 1 is 0.875 bits per heavy atom. The molecule has 5 atom stereocenters. The number of nitrogens with zero attached hydrogens (tertiary/aromatic N) is 1. The number of hydrogen-bond donors (Lipinski definition) is 4. The van der Waals surface area contributed by atoms with Gasteiger partial charge in [-0.25, -0.2) is 9.59 Å². The highest BCUT2D eigenvalue weighted by Crippen LogP contribution is 2.65. The van der Waals surface area contributed by atoms with E-state index in [1.807, 2.05) is 30.3 Å². The molecule has 1 saturated heterocycles. The van der Waals surface area contributed by atoms with E-state index in [-0.39, 0.29) is 41.6 Å². The maximum Gasteiger partial charge on any atom is 0.332 e. The van der Waals surface area contributed by atoms with Crippen LogP contribution in [0.15, 0.2) is 30.3 Å². The van der Waals surface area contributed by atoms with E-state index in [1.165, 1.54) is 0 Å². The van der Waals surface area contributed by atoms with E-state index in [9.17, 15) is 28.8 Å². The number of carbonyl (C=O) groups is 6. The van der Waals surface area contributed by atoms with Gasteiger partial charge in [-0.1, -0.05) is 76.3 Å². The van der Waals surface area contributed by atoms with Crippen molar-refractivity contribution in [1.82, 2.24) is 20.9 Å². The monoisotopic (exact) mass is 663 g/mol. The molecule has 1 heterocycles. The van der Waals surface area contributed by atoms with Gasteiger partial charge in [-0.2, -0.15) is 0 Å². The number of carbonyl (C=O) groups excluding carboxylic acids is 6. The fourth-order valence-electron chi connectivity index (χ4n) is 8.67. The Hall–Kier alpha value is -3.96. The Balaban J connectivity index is 1.19. The second kappa shape index (κ2) is 13.5. The van der Waals surface area contributed by atoms with Crippen LogP contribution in [0.4, 0.5) is 4.79 Å². The van der Waals surface area contributed by atoms with Crippen molar-refractivity contribution in [1.29, 1.82) is 0 Å². The zero-order chi connectivity index (χ0) is 34.2. The maximum atomic E-state index is 14.5. The minimum atomic E-state index is -1.19. The van der Waals surface area contributed by atoms with Gasteiger partial charge in [-0.05, 0) is 73.2 Å². The Bertz CT molecular complexity index is 1430. The summed E-state index contributed by atoms with van der Waals surface area (Å²) in [6, 6.07) is 6.01. The van der Waals surface area contributed by atoms with Crippen molar-refractivity contribution in [3.8, 4) is 0 Å². The molecule has 4 saturated carbocycles. The number of amides is 5. The fraction of sp³-hybridized carbons (Fsp3) is 0.667. The van der Waals surface area contributed by atoms with Crippen LogP contribution in [0.25, 0.3) is 0 Å². The van der Waals surface area contributed by atoms with Gasteiger partial charge in [0.25, 0.3) is 5.91 Å². The highest BCUT2D eigenvalue weighted by atomic mass is 16.5. The molecule has 0 aromatic heterocycles. The van der Waals surface area contributed by atoms with Gasteiger partial charge in [0.2, 0.25) is 17.6 Å². The number of nitrogens with one attached hydrogen (secondary N) is 3. The summed E-state index contributed by atoms with van der Waals surface area (Å²) in [5.74, 6) is -3.52. The summed E-state index contributed by atoms with van der Waals surface area (Å²) in [4.78, 5) is 81.6. The van der Waals surface area contributed by atoms with E-state index in [4.69, 9.17) is 10.5 Å². The van der Waals surface area contributed by atoms with Gasteiger partial charge < -0.3 is 31.3 Å². The molecule has 6 rings (SSSR count). The van der Waals surface area contributed by atoms with Crippen LogP contribution in [0.1, 0.15) is 90.0 Å². The van der Waals surface area contributed by atoms with Gasteiger partial charge in [-0.3, -0.25) is 19.2 Å². The van der Waals surface area contributed by atoms with Crippen LogP contribution in [0.2, 0.25) is 0 Å². The molecule has 4 aliphatic carbocycles. The number of primary amides is 1. The molecule has 0 bridgehead atoms. The summed E-state index contributed by atoms with van der Waals surface area (Å²) in [6.07, 6.45) is 8.21. The first-order valence-corrected chi connectivity index (χ1v) is 17.7. The van der Waals surface area contributed by atoms with Crippen LogP contribution in [0, 0.1) is 29.1 Å². The minimum absolute atomic E-state index is 0.0883. The zero-order valence-electron chi connectivity index (χ0n) is 28.0. The first kappa shape index (κ1) is 33.9. The minimum Gasteiger partial charge on any atom is -0.459 e. The molecule has 1 aromatic rings. The lowest BCUT2D eigenvalue weighted by atomic mass is 9.83. The highest BCUT2D eigenvalue weighted by molar-refractivity contribution is 6.38. The van der Waals surface area contributed by atoms with Crippen LogP contribution in [-0.4, -0.2) is 70.6 Å². The van der Waals surface area contributed by atoms with E-state index in [0.717, 1.165) is 50.5 Å². The van der Waals surface area contributed by atoms with Gasteiger partial charge in [-0.15, -0.1) is 0 Å². The van der Waals surface area contributed by atoms with Crippen molar-refractivity contribution in [2.24, 2.45) is 34.8 Å². The molecule has 48 heavy (non-hydrogen) atoms. The summed E-state index contributed by atoms with van der Waals surface area (Å²) in [7, 11) is 0. The molecule has 5 N–H and O–H groups in total. The number of benzene rings is 1. The lowest BCUT2D eigenvalue weighted by Crippen LogP contribution is -2.62. The molecule has 12 nitrogen and oxygen atoms in total. The van der Waals surface area contributed by atoms with Gasteiger partial charge >= 0.3 is 12.0 Å². The number of urea groups is 1. The average molecular weight is 664 g/mol. The van der Waals surface area contributed by atoms with E-state index in [0.29, 0.717) is 32.2 Å². The second-order valence-electron chi connectivity index (χ2n) is 15.3. The van der Waals surface area contributed by atoms with Crippen LogP contribution in [0.3, 0.4) is 0 Å². The topological polar surface area (TPSA) is 177 Å². The molecule has 0 radical (unpaired) electrons. The van der Waals surface area contributed by atoms with Crippen molar-refractivity contribution >= 4 is 35.5 Å². The van der Waals surface area contributed by atoms with E-state index >= 15 is 0 Å². The molecule has 0 spiro atoms. The third kappa shape index (κ3) is 6.80. The molecule has 12 heteroatoms. The Morgan fingerprint density at radius 2 is 1.52 bits per heavy atom. The second-order valence-corrected chi connectivity index (χ2v) is 15.3. The number of ketones is 1. The van der Waals surface area contributed by atoms with Crippen LogP contribution in [0.5, 0.6) is 0 Å². The number of likely N-dealkylation sites (tertiary alicyclic amines) is 1. The molecule has 5 fully saturated rings. The molecule has 5 amide bonds. The molecule has 5 aliphatic rings. The highest BCUT2D eigenvalue weighted by Gasteiger charge is 2.70. The van der Waals surface area contributed by atoms with Gasteiger partial charge in [0.05, 0.1) is 0 Å². The summed E-state index contributed by atoms with van der Waals surface area (Å²) < 4.78 is 5.67. The summed E-state index contributed by atoms with van der Waals surface area (Å²) in [5.41, 5.74) is 4.78. The smallest absolute Gasteiger partial charge is 0.332 e. The van der Waals surface area contributed by atoms with Crippen molar-refractivity contribution in [3.05, 3.63) is 35.9 Å². The summed E-state index contributed by atoms with van der Waals surface area (Å²) in [6.45, 7) is 4.59. The lowest BCUT2D eigenvalue weighted by molar-refractivity contribution is -0.152. The van der Waals surface area contributed by atoms with Crippen molar-refractivity contribution in [2.45, 2.75) is 115 Å². The largest absolute Gasteiger partial charge is 0.459 e. The zero-order valence-corrected chi connectivity index (χ0v) is 28.0. The maximum absolute atomic E-state index is 14.5. The van der Waals surface area contributed by atoms with Gasteiger partial charge in [0.1, 0.15) is 30.3 Å². The van der Waals surface area contributed by atoms with E-state index in [2.05, 4.69) is 29.8 Å². The van der Waals surface area contributed by atoms with Crippen LogP contribution in [-0.2, 0) is 35.3 Å². The van der Waals surface area contributed by atoms with E-state index < -0.39 is 53.3 Å². The standard InChI is InChI=1S/C36H49N5O7/c1-35(2)24-19-41(28(25(24)35)31(44)38-26(23-15-16-23)29(42)30(37)43)32(45)27(22-13-7-4-8-14-22)39-34(47)40-36(17-9-10-18-36)33(46)48-20-21-11-5-3-6-12-21/h3,5-6,11-12,22-28H,4,7-10,13-20H2,1-2H3,(H2,37,43)(H,38,44)(H2,39,40,47)/t24-,25-,26?,27-,28-/m0/s1. The molecule has 1 aromatic carbocycles. The summed E-state index contributed by atoms with van der Waals surface area (Å²) in [5, 5.41) is 8.68. The number of ether oxygens (including phenoxy) is 1. The number of hydrogen-bond acceptors (Lipinski definition) is 7. The number of rotatable bonds is 12. The quantitative estimate of drug-likeness (QED) is 0.196. The Morgan fingerprint density at radius 3 is 2.15 bits per heavy atom. The Kier molecular flexibility index (Phi) is 9.55. The lowest BCUT2D eigenvalue weighted by Gasteiger charge is -2.37. The number of esters is 1. The Labute approximate surface area is 281 Å². The van der Waals surface area contributed by atoms with Crippen LogP contribution < -0.4 is 21.7 Å². The molecular formula is C36H49N5O7. The molecule has 260 valence electrons. The SMILES string of the molecule is CC1(C)[C@@H]2[C@@H](C(=O)NC(C(=O)C(N)=O)C3CC3)N(C(=O)[C@@H](NC(=O)NC3(C(=O)OCc4ccccc4)CCCC3)C3CCCCC3)C[C@@H]21. The third-order valence-electron chi connectivity index (χ3n) is 11.8. The van der Waals surface area contributed by atoms with Crippen LogP contribution >= 0.6 is 0 Å². The predicted octanol–water partition coefficient (Wildman–Crippen LogP) is 2.72. The van der Waals surface area contributed by atoms with Gasteiger partial charge in [0.15, 0.2) is 0 Å². The molecular weight excluding hydrogens is 614 g/mol. The third-order valence-corrected chi connectivity index (χ3v) is 11.8. The average Bonchev–Trinajstić information content (AvgIpc) is 3.85. The van der Waals surface area contributed by atoms with Gasteiger partial charge in [0, 0.05) is 6.54 Å². The number of piperidine rings is 1. The normalized spacial score (nSPS) is 26.8. The summed E-state index contributed by atoms with van der Waals surface area (Å²) >= 11 is 0. The first-order valence-electron chi connectivity index (χ1n) is 17.7. The number of fused-ring (bicyclic) bond motifs is 1. The first-order chi connectivity index (χ1) is 22.9. The fourth-order valence-corrected chi connectivity index (χ4v) is 8.67. The van der Waals surface area contributed by atoms with Crippen molar-refractivity contribution in [3.63, 3.8) is 0 Å². The number of nitrogens with two attached hydrogens (primary N) is 1. The van der Waals surface area contributed by atoms with Crippen molar-refractivity contribution in [2.75, 3.05) is 6.54 Å². The molecule has 1 aliphatic heterocycles. The number of Topliss-reactive ketones (excluding diaryl/α,β-unsaturated/α-hetero) is 1.